The zero-order chi connectivity index (χ0) is 81.8. The summed E-state index contributed by atoms with van der Waals surface area (Å²) >= 11 is 3.17. The molecule has 2 aromatic heterocycles. The van der Waals surface area contributed by atoms with Crippen LogP contribution in [0.4, 0.5) is 0 Å². The van der Waals surface area contributed by atoms with E-state index in [9.17, 15) is 10.2 Å². The predicted molar refractivity (Wildman–Crippen MR) is 489 cm³/mol. The molecular weight excluding hydrogens is 1580 g/mol. The minimum absolute atomic E-state index is 0. The average molecular weight is 1710 g/mol. The minimum atomic E-state index is -0.0547. The van der Waals surface area contributed by atoms with Crippen molar-refractivity contribution in [2.75, 3.05) is 13.2 Å². The van der Waals surface area contributed by atoms with Crippen LogP contribution in [0.2, 0.25) is 0 Å². The van der Waals surface area contributed by atoms with Gasteiger partial charge in [-0.1, -0.05) is 275 Å². The van der Waals surface area contributed by atoms with Crippen LogP contribution in [-0.4, -0.2) is 32.9 Å². The van der Waals surface area contributed by atoms with Crippen molar-refractivity contribution < 1.29 is 45.5 Å². The Labute approximate surface area is 707 Å². The zero-order valence-corrected chi connectivity index (χ0v) is 77.5. The smallest absolute Gasteiger partial charge is 0.262 e. The number of hydrogen-bond acceptors (Lipinski definition) is 4. The third kappa shape index (κ3) is 22.7. The molecule has 113 heavy (non-hydrogen) atoms. The molecule has 0 aliphatic heterocycles. The second kappa shape index (κ2) is 35.2. The van der Waals surface area contributed by atoms with Crippen LogP contribution in [0.5, 0.6) is 23.0 Å². The summed E-state index contributed by atoms with van der Waals surface area (Å²) in [6, 6.07) is 78.6. The average Bonchev–Trinajstić information content (AvgIpc) is 1.43. The van der Waals surface area contributed by atoms with Crippen molar-refractivity contribution in [3.8, 4) is 111 Å². The van der Waals surface area contributed by atoms with Crippen LogP contribution in [0, 0.1) is 13.8 Å². The molecule has 590 valence electrons. The molecule has 0 aliphatic rings. The Kier molecular flexibility index (Phi) is 27.6. The Bertz CT molecular complexity index is 4580. The molecule has 4 N–H and O–H groups in total. The van der Waals surface area contributed by atoms with Crippen LogP contribution in [0.3, 0.4) is 0 Å². The Balaban J connectivity index is 0.000000879. The molecule has 12 rings (SSSR count). The van der Waals surface area contributed by atoms with Crippen LogP contribution in [0.15, 0.2) is 229 Å². The first-order chi connectivity index (χ1) is 52.2. The van der Waals surface area contributed by atoms with Crippen molar-refractivity contribution in [2.24, 2.45) is 0 Å². The van der Waals surface area contributed by atoms with E-state index in [0.29, 0.717) is 13.2 Å². The molecule has 0 radical (unpaired) electrons. The first-order valence-electron chi connectivity index (χ1n) is 40.1. The fraction of sp³-hybridized carbons (Fsp3) is 0.340. The second-order valence-corrected chi connectivity index (χ2v) is 40.7. The SMILES string of the molecule is CC(C)(C)c1cc(-c2cc(-c3cc(C(C)(C)C)cc(C(C)(C)C)c3)cc(-c3scc(-c4ccccc4[OH+]CCCC[OH+]c4ccccc4-c4csc(-c5cc(-c6cc(C(C)(C)C)cc(C(C)(C)C)c6)cc(-c6cc(C(C)(C)C)cc(C(C)(C)C)c6)c5)c4O)c3O)c2)cc(C(C)(C)C)c1.[CH2-]c1ccccc1.[CH2-]c1ccccc1.[Hf]. The van der Waals surface area contributed by atoms with Gasteiger partial charge in [0.1, 0.15) is 11.5 Å². The van der Waals surface area contributed by atoms with E-state index in [1.54, 1.807) is 22.7 Å². The minimum Gasteiger partial charge on any atom is -0.582 e. The molecule has 0 unspecified atom stereocenters. The molecule has 4 nitrogen and oxygen atoms in total. The summed E-state index contributed by atoms with van der Waals surface area (Å²) in [6.45, 7) is 63.8. The van der Waals surface area contributed by atoms with E-state index in [1.165, 1.54) is 66.8 Å². The fourth-order valence-corrected chi connectivity index (χ4v) is 15.5. The number of aromatic hydroxyl groups is 4. The topological polar surface area (TPSA) is 66.1 Å². The Morgan fingerprint density at radius 1 is 0.257 bits per heavy atom. The molecule has 0 saturated heterocycles. The number of aliphatic hydroxyl groups is 2. The van der Waals surface area contributed by atoms with Crippen molar-refractivity contribution in [3.05, 3.63) is 299 Å². The molecule has 2 heterocycles. The van der Waals surface area contributed by atoms with Gasteiger partial charge >= 0.3 is 0 Å². The summed E-state index contributed by atoms with van der Waals surface area (Å²) in [5, 5.41) is 29.4. The van der Waals surface area contributed by atoms with Gasteiger partial charge in [-0.15, -0.1) is 46.9 Å². The monoisotopic (exact) mass is 1710 g/mol. The maximum Gasteiger partial charge on any atom is 0.262 e. The van der Waals surface area contributed by atoms with Gasteiger partial charge in [0.2, 0.25) is 0 Å². The molecule has 0 atom stereocenters. The first kappa shape index (κ1) is 88.4. The van der Waals surface area contributed by atoms with E-state index in [0.717, 1.165) is 101 Å². The van der Waals surface area contributed by atoms with Crippen molar-refractivity contribution in [1.82, 2.24) is 0 Å². The summed E-state index contributed by atoms with van der Waals surface area (Å²) in [4.78, 5) is 1.67. The van der Waals surface area contributed by atoms with E-state index in [4.69, 9.17) is 9.47 Å². The summed E-state index contributed by atoms with van der Waals surface area (Å²) in [6.07, 6.45) is 1.66. The van der Waals surface area contributed by atoms with Crippen molar-refractivity contribution in [2.45, 2.75) is 222 Å². The molecular formula is C106H126HfO4S2. The maximum atomic E-state index is 12.6. The van der Waals surface area contributed by atoms with Gasteiger partial charge < -0.3 is 19.7 Å². The van der Waals surface area contributed by atoms with Crippen LogP contribution >= 0.6 is 22.7 Å². The summed E-state index contributed by atoms with van der Waals surface area (Å²) < 4.78 is 10.4. The number of para-hydroxylation sites is 2. The van der Waals surface area contributed by atoms with Gasteiger partial charge in [-0.3, -0.25) is 0 Å². The van der Waals surface area contributed by atoms with Crippen molar-refractivity contribution >= 4 is 22.7 Å². The third-order valence-electron chi connectivity index (χ3n) is 21.1. The van der Waals surface area contributed by atoms with Crippen LogP contribution in [0.25, 0.3) is 87.6 Å². The van der Waals surface area contributed by atoms with Crippen LogP contribution in [0.1, 0.15) is 235 Å². The third-order valence-corrected chi connectivity index (χ3v) is 23.2. The van der Waals surface area contributed by atoms with Gasteiger partial charge in [0, 0.05) is 72.7 Å². The van der Waals surface area contributed by atoms with Crippen molar-refractivity contribution in [3.63, 3.8) is 0 Å². The molecule has 0 aliphatic carbocycles. The number of unbranched alkanes of at least 4 members (excludes halogenated alkanes) is 1. The van der Waals surface area contributed by atoms with E-state index in [1.807, 2.05) is 84.9 Å². The van der Waals surface area contributed by atoms with Gasteiger partial charge in [-0.05, 0) is 192 Å². The Morgan fingerprint density at radius 3 is 0.673 bits per heavy atom. The number of ether oxygens (including phenoxy) is 2. The molecule has 0 spiro atoms. The van der Waals surface area contributed by atoms with E-state index in [2.05, 4.69) is 324 Å². The first-order valence-corrected chi connectivity index (χ1v) is 41.8. The molecule has 12 aromatic rings. The van der Waals surface area contributed by atoms with Gasteiger partial charge in [0.05, 0.1) is 20.9 Å². The van der Waals surface area contributed by atoms with Crippen LogP contribution in [-0.2, 0) is 69.2 Å². The molecule has 0 saturated carbocycles. The molecule has 0 bridgehead atoms. The van der Waals surface area contributed by atoms with Gasteiger partial charge in [-0.2, -0.15) is 49.2 Å². The molecule has 7 heteroatoms. The van der Waals surface area contributed by atoms with E-state index in [-0.39, 0.29) is 80.7 Å². The van der Waals surface area contributed by atoms with E-state index < -0.39 is 0 Å². The summed E-state index contributed by atoms with van der Waals surface area (Å²) in [5.74, 6) is 2.25. The standard InChI is InChI=1S/C92H110O4S2.2C7H7.Hf/c1-85(2,3)67-43-61(44-68(51-67)86(4,5)6)57-37-58(62-45-69(87(7,8)9)52-70(46-62)88(10,11)12)40-65(39-57)83-81(93)77(55-97-83)75-31-25-27-33-79(75)95-35-29-30-36-96-80-34-28-26-32-76(80)78-56-98-84(82(78)94)66-41-59(63-47-71(89(13,14)15)53-72(48-63)90(16,17)18)38-60(42-66)64-49-73(91(19,20)21)54-74(50-64)92(22,23)24;2*1-7-5-3-2-4-6-7;/h25-28,31-34,37-56,93-94H,29-30,35-36H2,1-24H3;2*2-6H,1H2;/q;2*-1;/p+2. The Morgan fingerprint density at radius 2 is 0.460 bits per heavy atom. The number of hydrogen-bond donors (Lipinski definition) is 2. The Hall–Kier alpha value is -8.59. The van der Waals surface area contributed by atoms with E-state index >= 15 is 0 Å². The summed E-state index contributed by atoms with van der Waals surface area (Å²) in [7, 11) is 0. The number of rotatable bonds is 15. The fourth-order valence-electron chi connectivity index (χ4n) is 13.6. The number of thiophene rings is 2. The molecule has 0 amide bonds. The normalized spacial score (nSPS) is 12.3. The molecule has 0 fully saturated rings. The largest absolute Gasteiger partial charge is 0.582 e. The second-order valence-electron chi connectivity index (χ2n) is 38.9. The summed E-state index contributed by atoms with van der Waals surface area (Å²) in [5.41, 5.74) is 26.7. The number of benzene rings is 10. The quantitative estimate of drug-likeness (QED) is 0.0465. The van der Waals surface area contributed by atoms with Gasteiger partial charge in [0.15, 0.2) is 13.2 Å². The van der Waals surface area contributed by atoms with Crippen molar-refractivity contribution in [1.29, 1.82) is 0 Å². The zero-order valence-electron chi connectivity index (χ0n) is 72.3. The van der Waals surface area contributed by atoms with Gasteiger partial charge in [0.25, 0.3) is 11.5 Å². The van der Waals surface area contributed by atoms with Crippen LogP contribution < -0.4 is 0 Å². The maximum absolute atomic E-state index is 12.6. The molecule has 10 aromatic carbocycles. The predicted octanol–water partition coefficient (Wildman–Crippen LogP) is 30.6. The van der Waals surface area contributed by atoms with Gasteiger partial charge in [-0.25, -0.2) is 0 Å².